The molecule has 4 nitrogen and oxygen atoms in total. The molecule has 0 unspecified atom stereocenters. The van der Waals surface area contributed by atoms with Gasteiger partial charge in [-0.05, 0) is 0 Å². The summed E-state index contributed by atoms with van der Waals surface area (Å²) in [7, 11) is -4.64. The Morgan fingerprint density at radius 2 is 1.11 bits per heavy atom. The van der Waals surface area contributed by atoms with Crippen LogP contribution in [0.2, 0.25) is 0 Å². The van der Waals surface area contributed by atoms with Crippen molar-refractivity contribution in [3.8, 4) is 0 Å². The summed E-state index contributed by atoms with van der Waals surface area (Å²) in [5.41, 5.74) is 0. The number of rotatable bonds is 0. The molecule has 52 valence electrons. The van der Waals surface area contributed by atoms with Gasteiger partial charge in [0.1, 0.15) is 0 Å². The van der Waals surface area contributed by atoms with Gasteiger partial charge in [-0.15, -0.1) is 12.4 Å². The Bertz CT molecular complexity index is 66.7. The maximum atomic E-state index is 8.88. The summed E-state index contributed by atoms with van der Waals surface area (Å²) in [5.74, 6) is 0. The van der Waals surface area contributed by atoms with E-state index in [1.807, 2.05) is 0 Å². The fourth-order valence-electron chi connectivity index (χ4n) is 0. The van der Waals surface area contributed by atoms with Crippen LogP contribution in [0.25, 0.3) is 0 Å². The molecule has 0 radical (unpaired) electrons. The second kappa shape index (κ2) is 15.2. The Kier molecular flexibility index (Phi) is 49.3. The van der Waals surface area contributed by atoms with Crippen molar-refractivity contribution in [3.05, 3.63) is 0 Å². The van der Waals surface area contributed by atoms with E-state index in [9.17, 15) is 0 Å². The van der Waals surface area contributed by atoms with E-state index < -0.39 is 7.82 Å². The Labute approximate surface area is 167 Å². The van der Waals surface area contributed by atoms with Crippen LogP contribution in [0.4, 0.5) is 0 Å². The van der Waals surface area contributed by atoms with Gasteiger partial charge in [-0.1, -0.05) is 0 Å². The number of phosphoric acid groups is 1. The molecule has 0 aliphatic carbocycles. The van der Waals surface area contributed by atoms with E-state index in [0.29, 0.717) is 0 Å². The minimum absolute atomic E-state index is 0. The van der Waals surface area contributed by atoms with Crippen molar-refractivity contribution >= 4 is 152 Å². The zero-order chi connectivity index (χ0) is 4.50. The molecule has 0 atom stereocenters. The van der Waals surface area contributed by atoms with Gasteiger partial charge in [0.05, 0.1) is 0 Å². The van der Waals surface area contributed by atoms with Gasteiger partial charge in [-0.3, -0.25) is 0 Å². The molecule has 9 heavy (non-hydrogen) atoms. The third-order valence-corrected chi connectivity index (χ3v) is 0. The van der Waals surface area contributed by atoms with Gasteiger partial charge in [0.15, 0.2) is 0 Å². The van der Waals surface area contributed by atoms with Crippen molar-refractivity contribution in [1.29, 1.82) is 0 Å². The van der Waals surface area contributed by atoms with E-state index in [2.05, 4.69) is 0 Å². The Morgan fingerprint density at radius 3 is 1.11 bits per heavy atom. The summed E-state index contributed by atoms with van der Waals surface area (Å²) >= 11 is 0. The maximum absolute atomic E-state index is 8.88. The molecule has 0 saturated carbocycles. The molecule has 0 saturated heterocycles. The van der Waals surface area contributed by atoms with Crippen molar-refractivity contribution < 1.29 is 19.2 Å². The number of hydrogen-bond acceptors (Lipinski definition) is 1. The molecule has 0 spiro atoms. The van der Waals surface area contributed by atoms with Crippen LogP contribution in [-0.4, -0.2) is 147 Å². The summed E-state index contributed by atoms with van der Waals surface area (Å²) in [4.78, 5) is 21.6. The molecule has 9 heteroatoms. The standard InChI is InChI=1S/Ba.Ca.ClH.H3O4P.Sr.6H/c;;;1-5(2,3)4;;;;;;;/h;;1H;(H3,1,2,3,4);;;;;;;. The third kappa shape index (κ3) is 65.7. The van der Waals surface area contributed by atoms with Crippen LogP contribution in [-0.2, 0) is 4.57 Å². The van der Waals surface area contributed by atoms with Gasteiger partial charge in [0.25, 0.3) is 0 Å². The predicted octanol–water partition coefficient (Wildman–Crippen LogP) is -3.26. The molecule has 0 aromatic carbocycles. The number of halogens is 1. The first-order chi connectivity index (χ1) is 2.00. The molecular weight excluding hydrogens is 395 g/mol. The van der Waals surface area contributed by atoms with Gasteiger partial charge in [-0.2, -0.15) is 0 Å². The molecule has 0 heterocycles. The first kappa shape index (κ1) is 29.2. The summed E-state index contributed by atoms with van der Waals surface area (Å²) in [6, 6.07) is 0. The Hall–Kier alpha value is 4.71. The minimum atomic E-state index is -4.64. The molecule has 0 aliphatic heterocycles. The van der Waals surface area contributed by atoms with Crippen LogP contribution in [0.5, 0.6) is 0 Å². The molecule has 0 rings (SSSR count). The van der Waals surface area contributed by atoms with Gasteiger partial charge in [0.2, 0.25) is 0 Å². The van der Waals surface area contributed by atoms with E-state index >= 15 is 0 Å². The van der Waals surface area contributed by atoms with Crippen molar-refractivity contribution in [2.45, 2.75) is 0 Å². The van der Waals surface area contributed by atoms with Crippen LogP contribution in [0, 0.1) is 0 Å². The molecule has 0 fully saturated rings. The van der Waals surface area contributed by atoms with Crippen LogP contribution in [0.15, 0.2) is 0 Å². The van der Waals surface area contributed by atoms with Gasteiger partial charge in [-0.25, -0.2) is 4.57 Å². The van der Waals surface area contributed by atoms with Crippen molar-refractivity contribution in [1.82, 2.24) is 0 Å². The fraction of sp³-hybridized carbons (Fsp3) is 0. The zero-order valence-electron chi connectivity index (χ0n) is 2.61. The summed E-state index contributed by atoms with van der Waals surface area (Å²) < 4.78 is 8.88. The Morgan fingerprint density at radius 1 is 1.11 bits per heavy atom. The first-order valence-electron chi connectivity index (χ1n) is 0.783. The molecule has 0 aromatic heterocycles. The quantitative estimate of drug-likeness (QED) is 0.292. The zero-order valence-corrected chi connectivity index (χ0v) is 4.32. The van der Waals surface area contributed by atoms with Gasteiger partial charge >= 0.3 is 140 Å². The summed E-state index contributed by atoms with van der Waals surface area (Å²) in [6.07, 6.45) is 0. The number of hydrogen-bond donors (Lipinski definition) is 3. The molecule has 0 aliphatic rings. The van der Waals surface area contributed by atoms with Crippen LogP contribution in [0.1, 0.15) is 0 Å². The second-order valence-corrected chi connectivity index (χ2v) is 1.54. The topological polar surface area (TPSA) is 77.8 Å². The summed E-state index contributed by atoms with van der Waals surface area (Å²) in [5, 5.41) is 0. The molecule has 3 N–H and O–H groups in total. The fourth-order valence-corrected chi connectivity index (χ4v) is 0. The SMILES string of the molecule is Cl.O=P(O)(O)O.[BaH2].[CaH2].[SrH2]. The van der Waals surface area contributed by atoms with Gasteiger partial charge < -0.3 is 14.7 Å². The predicted molar refractivity (Wildman–Crippen MR) is 47.1 cm³/mol. The van der Waals surface area contributed by atoms with Crippen molar-refractivity contribution in [3.63, 3.8) is 0 Å². The second-order valence-electron chi connectivity index (χ2n) is 0.513. The summed E-state index contributed by atoms with van der Waals surface area (Å²) in [6.45, 7) is 0. The first-order valence-corrected chi connectivity index (χ1v) is 2.35. The molecule has 0 bridgehead atoms. The van der Waals surface area contributed by atoms with E-state index in [4.69, 9.17) is 19.2 Å². The van der Waals surface area contributed by atoms with E-state index in [1.165, 1.54) is 0 Å². The van der Waals surface area contributed by atoms with Crippen LogP contribution < -0.4 is 0 Å². The van der Waals surface area contributed by atoms with E-state index in [0.717, 1.165) is 0 Å². The monoisotopic (exact) mass is 406 g/mol. The van der Waals surface area contributed by atoms with E-state index in [-0.39, 0.29) is 145 Å². The van der Waals surface area contributed by atoms with Crippen LogP contribution >= 0.6 is 20.2 Å². The van der Waals surface area contributed by atoms with Crippen molar-refractivity contribution in [2.24, 2.45) is 0 Å². The normalized spacial score (nSPS) is 6.56. The molecule has 0 aromatic rings. The third-order valence-electron chi connectivity index (χ3n) is 0. The molecule has 0 amide bonds. The Balaban J connectivity index is -0.0000000133. The average Bonchev–Trinajstić information content (AvgIpc) is 0.722. The average molecular weight is 406 g/mol. The van der Waals surface area contributed by atoms with Crippen molar-refractivity contribution in [2.75, 3.05) is 0 Å². The molecular formula is H10BaCaClO4PSr. The van der Waals surface area contributed by atoms with Gasteiger partial charge in [0, 0.05) is 0 Å². The van der Waals surface area contributed by atoms with E-state index in [1.54, 1.807) is 0 Å². The van der Waals surface area contributed by atoms with Crippen LogP contribution in [0.3, 0.4) is 0 Å².